The molecule has 0 N–H and O–H groups in total. The van der Waals surface area contributed by atoms with Crippen molar-refractivity contribution in [2.75, 3.05) is 0 Å². The lowest BCUT2D eigenvalue weighted by Crippen LogP contribution is -2.05. The fourth-order valence-corrected chi connectivity index (χ4v) is 3.33. The van der Waals surface area contributed by atoms with Crippen LogP contribution in [0.2, 0.25) is 0 Å². The van der Waals surface area contributed by atoms with Crippen LogP contribution >= 0.6 is 0 Å². The van der Waals surface area contributed by atoms with E-state index in [0.717, 1.165) is 22.3 Å². The molecule has 0 saturated carbocycles. The van der Waals surface area contributed by atoms with E-state index in [1.807, 2.05) is 60.7 Å². The molecule has 0 spiro atoms. The van der Waals surface area contributed by atoms with Crippen LogP contribution in [0.1, 0.15) is 5.82 Å². The summed E-state index contributed by atoms with van der Waals surface area (Å²) in [4.78, 5) is 10.7. The lowest BCUT2D eigenvalue weighted by atomic mass is 10.2. The molecular weight excluding hydrogens is 380 g/mol. The molecule has 10 nitrogen and oxygen atoms in total. The van der Waals surface area contributed by atoms with Crippen LogP contribution in [-0.4, -0.2) is 49.6 Å². The Morgan fingerprint density at radius 1 is 0.833 bits per heavy atom. The van der Waals surface area contributed by atoms with E-state index in [9.17, 15) is 0 Å². The zero-order valence-electron chi connectivity index (χ0n) is 15.6. The third-order valence-electron chi connectivity index (χ3n) is 4.72. The Balaban J connectivity index is 1.36. The van der Waals surface area contributed by atoms with Crippen molar-refractivity contribution in [2.45, 2.75) is 6.54 Å². The summed E-state index contributed by atoms with van der Waals surface area (Å²) in [5.74, 6) is 1.13. The molecule has 0 aliphatic rings. The Morgan fingerprint density at radius 3 is 2.47 bits per heavy atom. The van der Waals surface area contributed by atoms with Crippen LogP contribution in [-0.2, 0) is 6.54 Å². The van der Waals surface area contributed by atoms with E-state index in [1.165, 1.54) is 4.80 Å². The summed E-state index contributed by atoms with van der Waals surface area (Å²) < 4.78 is 3.43. The molecule has 0 aliphatic carbocycles. The molecule has 0 amide bonds. The van der Waals surface area contributed by atoms with Crippen molar-refractivity contribution in [3.05, 3.63) is 79.0 Å². The predicted octanol–water partition coefficient (Wildman–Crippen LogP) is 2.16. The molecule has 10 heteroatoms. The zero-order valence-corrected chi connectivity index (χ0v) is 15.6. The maximum absolute atomic E-state index is 4.66. The number of nitrogens with zero attached hydrogens (tertiary/aromatic N) is 10. The van der Waals surface area contributed by atoms with E-state index in [-0.39, 0.29) is 0 Å². The summed E-state index contributed by atoms with van der Waals surface area (Å²) in [6.45, 7) is 0.301. The summed E-state index contributed by atoms with van der Waals surface area (Å²) in [6.07, 6.45) is 3.39. The van der Waals surface area contributed by atoms with Gasteiger partial charge in [0.15, 0.2) is 17.1 Å². The molecule has 0 atom stereocenters. The Labute approximate surface area is 169 Å². The second kappa shape index (κ2) is 6.55. The first kappa shape index (κ1) is 16.5. The van der Waals surface area contributed by atoms with Crippen LogP contribution in [0, 0.1) is 0 Å². The van der Waals surface area contributed by atoms with Gasteiger partial charge < -0.3 is 0 Å². The maximum Gasteiger partial charge on any atom is 0.204 e. The van der Waals surface area contributed by atoms with Gasteiger partial charge in [-0.25, -0.2) is 19.2 Å². The topological polar surface area (TPSA) is 104 Å². The van der Waals surface area contributed by atoms with Crippen molar-refractivity contribution in [2.24, 2.45) is 0 Å². The van der Waals surface area contributed by atoms with Gasteiger partial charge in [-0.2, -0.15) is 9.90 Å². The van der Waals surface area contributed by atoms with Crippen LogP contribution in [0.4, 0.5) is 0 Å². The molecule has 0 fully saturated rings. The number of benzene rings is 2. The quantitative estimate of drug-likeness (QED) is 0.451. The summed E-state index contributed by atoms with van der Waals surface area (Å²) in [5.41, 5.74) is 3.24. The highest BCUT2D eigenvalue weighted by Crippen LogP contribution is 2.19. The van der Waals surface area contributed by atoms with Crippen molar-refractivity contribution in [3.8, 4) is 17.1 Å². The highest BCUT2D eigenvalue weighted by Gasteiger charge is 2.14. The zero-order chi connectivity index (χ0) is 19.9. The molecule has 6 aromatic rings. The van der Waals surface area contributed by atoms with E-state index in [4.69, 9.17) is 0 Å². The standard InChI is InChI=1S/C20H14N10/c1-3-7-14(8-4-1)18-24-27-29(26-18)12-17-23-20-16-11-22-30(15-9-5-2-6-10-15)19(16)21-13-28(20)25-17/h1-11,13H,12H2. The van der Waals surface area contributed by atoms with Gasteiger partial charge in [0.25, 0.3) is 0 Å². The molecule has 6 rings (SSSR count). The fourth-order valence-electron chi connectivity index (χ4n) is 3.33. The van der Waals surface area contributed by atoms with Gasteiger partial charge in [0.2, 0.25) is 5.82 Å². The van der Waals surface area contributed by atoms with E-state index in [0.29, 0.717) is 23.8 Å². The van der Waals surface area contributed by atoms with Crippen LogP contribution in [0.15, 0.2) is 73.2 Å². The lowest BCUT2D eigenvalue weighted by Gasteiger charge is -2.01. The molecule has 4 heterocycles. The molecule has 4 aromatic heterocycles. The number of rotatable bonds is 4. The molecule has 0 bridgehead atoms. The minimum atomic E-state index is 0.301. The Kier molecular flexibility index (Phi) is 3.60. The van der Waals surface area contributed by atoms with Crippen molar-refractivity contribution in [1.82, 2.24) is 49.6 Å². The van der Waals surface area contributed by atoms with Gasteiger partial charge in [-0.15, -0.1) is 15.3 Å². The number of para-hydroxylation sites is 1. The minimum absolute atomic E-state index is 0.301. The van der Waals surface area contributed by atoms with Crippen LogP contribution in [0.3, 0.4) is 0 Å². The van der Waals surface area contributed by atoms with Crippen molar-refractivity contribution in [3.63, 3.8) is 0 Å². The maximum atomic E-state index is 4.66. The first-order valence-electron chi connectivity index (χ1n) is 9.32. The number of tetrazole rings is 1. The largest absolute Gasteiger partial charge is 0.216 e. The average Bonchev–Trinajstić information content (AvgIpc) is 3.52. The summed E-state index contributed by atoms with van der Waals surface area (Å²) in [7, 11) is 0. The Bertz CT molecular complexity index is 1460. The normalized spacial score (nSPS) is 11.5. The van der Waals surface area contributed by atoms with Crippen LogP contribution in [0.5, 0.6) is 0 Å². The number of hydrogen-bond acceptors (Lipinski definition) is 7. The van der Waals surface area contributed by atoms with Crippen molar-refractivity contribution < 1.29 is 0 Å². The molecule has 30 heavy (non-hydrogen) atoms. The molecule has 144 valence electrons. The molecular formula is C20H14N10. The Hall–Kier alpha value is -4.47. The lowest BCUT2D eigenvalue weighted by molar-refractivity contribution is 0.554. The number of hydrogen-bond donors (Lipinski definition) is 0. The molecule has 0 unspecified atom stereocenters. The number of aromatic nitrogens is 10. The second-order valence-electron chi connectivity index (χ2n) is 6.68. The fraction of sp³-hybridized carbons (Fsp3) is 0.0500. The summed E-state index contributed by atoms with van der Waals surface area (Å²) in [5, 5.41) is 22.5. The SMILES string of the molecule is c1ccc(-c2nnn(Cc3nc4c5cnn(-c6ccccc6)c5ncn4n3)n2)cc1. The van der Waals surface area contributed by atoms with E-state index >= 15 is 0 Å². The first-order valence-corrected chi connectivity index (χ1v) is 9.32. The number of fused-ring (bicyclic) bond motifs is 3. The smallest absolute Gasteiger partial charge is 0.204 e. The van der Waals surface area contributed by atoms with E-state index in [1.54, 1.807) is 21.7 Å². The van der Waals surface area contributed by atoms with Gasteiger partial charge in [-0.3, -0.25) is 0 Å². The van der Waals surface area contributed by atoms with Crippen molar-refractivity contribution >= 4 is 16.7 Å². The first-order chi connectivity index (χ1) is 14.8. The predicted molar refractivity (Wildman–Crippen MR) is 108 cm³/mol. The second-order valence-corrected chi connectivity index (χ2v) is 6.68. The summed E-state index contributed by atoms with van der Waals surface area (Å²) in [6, 6.07) is 19.6. The van der Waals surface area contributed by atoms with Crippen molar-refractivity contribution in [1.29, 1.82) is 0 Å². The van der Waals surface area contributed by atoms with Gasteiger partial charge in [0.05, 0.1) is 17.3 Å². The molecule has 0 saturated heterocycles. The van der Waals surface area contributed by atoms with Gasteiger partial charge in [-0.1, -0.05) is 48.5 Å². The Morgan fingerprint density at radius 2 is 1.63 bits per heavy atom. The van der Waals surface area contributed by atoms with Gasteiger partial charge >= 0.3 is 0 Å². The third kappa shape index (κ3) is 2.70. The molecule has 0 aliphatic heterocycles. The van der Waals surface area contributed by atoms with Gasteiger partial charge in [0.1, 0.15) is 12.9 Å². The molecule has 2 aromatic carbocycles. The third-order valence-corrected chi connectivity index (χ3v) is 4.72. The highest BCUT2D eigenvalue weighted by atomic mass is 15.6. The van der Waals surface area contributed by atoms with Crippen LogP contribution < -0.4 is 0 Å². The molecule has 0 radical (unpaired) electrons. The van der Waals surface area contributed by atoms with E-state index < -0.39 is 0 Å². The van der Waals surface area contributed by atoms with Gasteiger partial charge in [-0.05, 0) is 17.3 Å². The van der Waals surface area contributed by atoms with Crippen LogP contribution in [0.25, 0.3) is 33.8 Å². The average molecular weight is 394 g/mol. The highest BCUT2D eigenvalue weighted by molar-refractivity contribution is 5.89. The van der Waals surface area contributed by atoms with Gasteiger partial charge in [0, 0.05) is 5.56 Å². The van der Waals surface area contributed by atoms with E-state index in [2.05, 4.69) is 35.6 Å². The monoisotopic (exact) mass is 394 g/mol. The minimum Gasteiger partial charge on any atom is -0.216 e. The summed E-state index contributed by atoms with van der Waals surface area (Å²) >= 11 is 0.